The smallest absolute Gasteiger partial charge is 0.252 e. The summed E-state index contributed by atoms with van der Waals surface area (Å²) in [6.07, 6.45) is 0. The van der Waals surface area contributed by atoms with Crippen LogP contribution in [-0.2, 0) is 10.8 Å². The lowest BCUT2D eigenvalue weighted by Gasteiger charge is -2.48. The molecule has 0 fully saturated rings. The summed E-state index contributed by atoms with van der Waals surface area (Å²) in [4.78, 5) is 15.7. The van der Waals surface area contributed by atoms with E-state index in [1.54, 1.807) is 0 Å². The number of rotatable bonds is 16. The van der Waals surface area contributed by atoms with E-state index in [1.807, 2.05) is 0 Å². The second kappa shape index (κ2) is 32.2. The second-order valence-corrected chi connectivity index (χ2v) is 36.7. The third-order valence-corrected chi connectivity index (χ3v) is 26.9. The molecule has 0 aliphatic carbocycles. The minimum absolute atomic E-state index is 0.0504. The summed E-state index contributed by atoms with van der Waals surface area (Å²) in [5.41, 5.74) is 42.0. The first-order valence-electron chi connectivity index (χ1n) is 45.4. The van der Waals surface area contributed by atoms with Crippen molar-refractivity contribution in [3.8, 4) is 66.8 Å². The highest BCUT2D eigenvalue weighted by atomic mass is 15.2. The van der Waals surface area contributed by atoms with E-state index in [0.29, 0.717) is 0 Å². The van der Waals surface area contributed by atoms with E-state index in [-0.39, 0.29) is 24.3 Å². The number of benzene rings is 19. The van der Waals surface area contributed by atoms with Gasteiger partial charge >= 0.3 is 0 Å². The Balaban J connectivity index is 0.907. The van der Waals surface area contributed by atoms with Gasteiger partial charge in [0.05, 0.1) is 34.1 Å². The molecule has 0 atom stereocenters. The molecule has 6 nitrogen and oxygen atoms in total. The van der Waals surface area contributed by atoms with Crippen LogP contribution in [0.15, 0.2) is 461 Å². The van der Waals surface area contributed by atoms with Crippen molar-refractivity contribution in [2.75, 3.05) is 29.4 Å². The molecule has 618 valence electrons. The van der Waals surface area contributed by atoms with Gasteiger partial charge in [0, 0.05) is 102 Å². The van der Waals surface area contributed by atoms with Crippen LogP contribution in [-0.4, -0.2) is 13.4 Å². The zero-order valence-electron chi connectivity index (χ0n) is 73.7. The van der Waals surface area contributed by atoms with E-state index in [0.717, 1.165) is 169 Å². The average Bonchev–Trinajstić information content (AvgIpc) is 0.675. The van der Waals surface area contributed by atoms with E-state index in [1.165, 1.54) is 43.9 Å². The molecule has 0 saturated heterocycles. The van der Waals surface area contributed by atoms with Gasteiger partial charge in [0.25, 0.3) is 13.4 Å². The molecule has 0 bridgehead atoms. The molecule has 0 aromatic heterocycles. The second-order valence-electron chi connectivity index (χ2n) is 36.7. The molecule has 0 unspecified atom stereocenters. The van der Waals surface area contributed by atoms with E-state index in [9.17, 15) is 0 Å². The topological polar surface area (TPSA) is 19.4 Å². The van der Waals surface area contributed by atoms with Crippen LogP contribution in [0.25, 0.3) is 66.8 Å². The summed E-state index contributed by atoms with van der Waals surface area (Å²) in [7, 11) is 0. The highest BCUT2D eigenvalue weighted by molar-refractivity contribution is 7.03. The minimum Gasteiger partial charge on any atom is -0.311 e. The maximum Gasteiger partial charge on any atom is 0.252 e. The van der Waals surface area contributed by atoms with Gasteiger partial charge in [-0.25, -0.2) is 0 Å². The van der Waals surface area contributed by atoms with Gasteiger partial charge in [-0.05, 0) is 191 Å². The molecule has 0 N–H and O–H groups in total. The van der Waals surface area contributed by atoms with Gasteiger partial charge in [-0.1, -0.05) is 399 Å². The van der Waals surface area contributed by atoms with Crippen LogP contribution in [0.2, 0.25) is 0 Å². The van der Waals surface area contributed by atoms with Crippen LogP contribution in [0.5, 0.6) is 0 Å². The predicted molar refractivity (Wildman–Crippen MR) is 554 cm³/mol. The summed E-state index contributed by atoms with van der Waals surface area (Å²) >= 11 is 0. The van der Waals surface area contributed by atoms with Crippen molar-refractivity contribution in [1.82, 2.24) is 0 Å². The molecule has 0 saturated carbocycles. The Hall–Kier alpha value is -15.9. The molecule has 4 aliphatic heterocycles. The van der Waals surface area contributed by atoms with Crippen molar-refractivity contribution in [2.45, 2.75) is 52.4 Å². The van der Waals surface area contributed by atoms with Gasteiger partial charge in [0.1, 0.15) is 0 Å². The van der Waals surface area contributed by atoms with Gasteiger partial charge in [0.15, 0.2) is 0 Å². The van der Waals surface area contributed by atoms with Gasteiger partial charge < -0.3 is 29.4 Å². The number of anilines is 18. The molecule has 4 aliphatic rings. The summed E-state index contributed by atoms with van der Waals surface area (Å²) in [5.74, 6) is 0. The Morgan fingerprint density at radius 2 is 0.492 bits per heavy atom. The third-order valence-electron chi connectivity index (χ3n) is 26.9. The highest BCUT2D eigenvalue weighted by Gasteiger charge is 2.51. The maximum absolute atomic E-state index is 2.75. The molecule has 19 aromatic carbocycles. The van der Waals surface area contributed by atoms with Gasteiger partial charge in [-0.15, -0.1) is 0 Å². The van der Waals surface area contributed by atoms with E-state index >= 15 is 0 Å². The number of para-hydroxylation sites is 10. The molecule has 0 radical (unpaired) electrons. The van der Waals surface area contributed by atoms with Crippen molar-refractivity contribution in [2.24, 2.45) is 0 Å². The number of hydrogen-bond acceptors (Lipinski definition) is 6. The van der Waals surface area contributed by atoms with E-state index < -0.39 is 0 Å². The number of hydrogen-bond donors (Lipinski definition) is 0. The Morgan fingerprint density at radius 1 is 0.192 bits per heavy atom. The average molecular weight is 1670 g/mol. The summed E-state index contributed by atoms with van der Waals surface area (Å²) in [5, 5.41) is 0. The largest absolute Gasteiger partial charge is 0.311 e. The van der Waals surface area contributed by atoms with Gasteiger partial charge in [-0.3, -0.25) is 0 Å². The predicted octanol–water partition coefficient (Wildman–Crippen LogP) is 29.4. The molecular formula is C122H94B2N6. The van der Waals surface area contributed by atoms with Crippen LogP contribution >= 0.6 is 0 Å². The Labute approximate surface area is 764 Å². The quantitative estimate of drug-likeness (QED) is 0.0892. The first-order chi connectivity index (χ1) is 63.8. The maximum atomic E-state index is 2.75. The first-order valence-corrected chi connectivity index (χ1v) is 45.4. The van der Waals surface area contributed by atoms with Crippen molar-refractivity contribution >= 4 is 149 Å². The fourth-order valence-corrected chi connectivity index (χ4v) is 20.9. The summed E-state index contributed by atoms with van der Waals surface area (Å²) in [6, 6.07) is 174. The van der Waals surface area contributed by atoms with Crippen molar-refractivity contribution < 1.29 is 0 Å². The molecule has 0 amide bonds. The Bertz CT molecular complexity index is 7340. The normalized spacial score (nSPS) is 12.8. The van der Waals surface area contributed by atoms with Crippen molar-refractivity contribution in [3.05, 3.63) is 472 Å². The van der Waals surface area contributed by atoms with Crippen LogP contribution < -0.4 is 62.2 Å². The standard InChI is InChI=1S/C122H94B2N6/c1-121(2,3)89-73-69-87(70-74-89)97-57-31-35-65-107(97)126(93-53-27-13-28-54-93)96-79-114-118-116(80-96)130(120-101(85-45-19-9-20-46-85)61-40-62-102(120)86-47-21-10-22-48-86)112-82-111-105(81-106(112)124(118)104-64-34-38-68-110(104)128(114)108-66-36-32-58-98(108)88-71-75-90(76-72-88)122(4,5)6)123-103-63-33-37-67-109(103)127(94-55-29-14-30-56-94)113-77-95(125(91-49-23-11-24-50-91)92-51-25-12-26-52-92)78-115(117(113)123)129(111)119-99(83-41-15-7-16-42-83)59-39-60-100(119)84-43-17-8-18-44-84/h7-82H,1-6H3. The number of fused-ring (bicyclic) bond motifs is 8. The van der Waals surface area contributed by atoms with Crippen LogP contribution in [0.4, 0.5) is 102 Å². The zero-order chi connectivity index (χ0) is 87.3. The van der Waals surface area contributed by atoms with Crippen LogP contribution in [0.1, 0.15) is 52.7 Å². The molecular weight excluding hydrogens is 1570 g/mol. The fraction of sp³-hybridized carbons (Fsp3) is 0.0656. The molecule has 23 rings (SSSR count). The van der Waals surface area contributed by atoms with Gasteiger partial charge in [-0.2, -0.15) is 0 Å². The lowest BCUT2D eigenvalue weighted by atomic mass is 9.30. The Morgan fingerprint density at radius 3 is 0.908 bits per heavy atom. The van der Waals surface area contributed by atoms with Gasteiger partial charge in [0.2, 0.25) is 0 Å². The highest BCUT2D eigenvalue weighted by Crippen LogP contribution is 2.58. The molecule has 8 heteroatoms. The molecule has 0 spiro atoms. The lowest BCUT2D eigenvalue weighted by Crippen LogP contribution is -2.65. The van der Waals surface area contributed by atoms with E-state index in [2.05, 4.69) is 532 Å². The molecule has 19 aromatic rings. The van der Waals surface area contributed by atoms with E-state index in [4.69, 9.17) is 0 Å². The molecule has 4 heterocycles. The summed E-state index contributed by atoms with van der Waals surface area (Å²) < 4.78 is 0. The SMILES string of the molecule is CC(C)(C)c1ccc(-c2ccccc2N(c2ccccc2)c2cc3c4c(c2)N(c2c(-c5ccccc5)cccc2-c2ccccc2)c2cc5c(cc2B4c2ccccc2N3c2ccccc2-c2ccc(C(C)(C)C)cc2)B2c3ccccc3N(c3ccccc3)c3cc(N(c4ccccc4)c4ccccc4)cc(c32)N5c2c(-c3ccccc3)cccc2-c2ccccc2)cc1. The lowest BCUT2D eigenvalue weighted by molar-refractivity contribution is 0.590. The third kappa shape index (κ3) is 13.5. The van der Waals surface area contributed by atoms with Crippen LogP contribution in [0.3, 0.4) is 0 Å². The first kappa shape index (κ1) is 78.8. The fourth-order valence-electron chi connectivity index (χ4n) is 20.9. The monoisotopic (exact) mass is 1660 g/mol. The van der Waals surface area contributed by atoms with Crippen molar-refractivity contribution in [3.63, 3.8) is 0 Å². The van der Waals surface area contributed by atoms with Crippen LogP contribution in [0, 0.1) is 0 Å². The summed E-state index contributed by atoms with van der Waals surface area (Å²) in [6.45, 7) is 13.1. The number of nitrogens with zero attached hydrogens (tertiary/aromatic N) is 6. The minimum atomic E-state index is -0.373. The Kier molecular flexibility index (Phi) is 19.5. The zero-order valence-corrected chi connectivity index (χ0v) is 73.7. The molecule has 130 heavy (non-hydrogen) atoms. The van der Waals surface area contributed by atoms with Crippen molar-refractivity contribution in [1.29, 1.82) is 0 Å².